The first kappa shape index (κ1) is 15.7. The van der Waals surface area contributed by atoms with Crippen molar-refractivity contribution in [2.75, 3.05) is 0 Å². The molecule has 0 fully saturated rings. The SMILES string of the molecule is C/C=C/C(=O)Oc1c(C)cc(C(=O)/C=C/C)c(O)c1C. The predicted molar refractivity (Wildman–Crippen MR) is 77.2 cm³/mol. The predicted octanol–water partition coefficient (Wildman–Crippen LogP) is 3.25. The molecule has 0 saturated carbocycles. The molecule has 0 aliphatic carbocycles. The van der Waals surface area contributed by atoms with E-state index in [2.05, 4.69) is 0 Å². The summed E-state index contributed by atoms with van der Waals surface area (Å²) in [7, 11) is 0. The standard InChI is InChI=1S/C16H18O4/c1-5-7-13(17)12-9-10(3)16(11(4)15(12)19)20-14(18)8-6-2/h5-9,19H,1-4H3/b7-5+,8-6+. The van der Waals surface area contributed by atoms with Crippen LogP contribution >= 0.6 is 0 Å². The second kappa shape index (κ2) is 6.70. The Morgan fingerprint density at radius 3 is 2.30 bits per heavy atom. The molecular formula is C16H18O4. The highest BCUT2D eigenvalue weighted by atomic mass is 16.5. The van der Waals surface area contributed by atoms with Crippen LogP contribution in [-0.2, 0) is 4.79 Å². The molecule has 1 N–H and O–H groups in total. The second-order valence-corrected chi connectivity index (χ2v) is 4.33. The van der Waals surface area contributed by atoms with Crippen molar-refractivity contribution >= 4 is 11.8 Å². The van der Waals surface area contributed by atoms with Gasteiger partial charge in [-0.15, -0.1) is 0 Å². The van der Waals surface area contributed by atoms with Crippen LogP contribution in [0.1, 0.15) is 35.3 Å². The number of aromatic hydroxyl groups is 1. The van der Waals surface area contributed by atoms with Gasteiger partial charge in [-0.1, -0.05) is 12.2 Å². The van der Waals surface area contributed by atoms with Crippen molar-refractivity contribution < 1.29 is 19.4 Å². The number of ether oxygens (including phenoxy) is 1. The maximum Gasteiger partial charge on any atom is 0.335 e. The van der Waals surface area contributed by atoms with Crippen molar-refractivity contribution in [1.82, 2.24) is 0 Å². The summed E-state index contributed by atoms with van der Waals surface area (Å²) in [5.41, 5.74) is 1.19. The van der Waals surface area contributed by atoms with E-state index in [0.717, 1.165) is 0 Å². The maximum absolute atomic E-state index is 11.8. The van der Waals surface area contributed by atoms with Gasteiger partial charge in [0, 0.05) is 11.6 Å². The number of phenolic OH excluding ortho intramolecular Hbond substituents is 1. The lowest BCUT2D eigenvalue weighted by molar-refractivity contribution is -0.129. The first-order valence-corrected chi connectivity index (χ1v) is 6.27. The number of hydrogen-bond acceptors (Lipinski definition) is 4. The maximum atomic E-state index is 11.8. The Hall–Kier alpha value is -2.36. The molecular weight excluding hydrogens is 256 g/mol. The zero-order valence-electron chi connectivity index (χ0n) is 12.1. The van der Waals surface area contributed by atoms with Crippen molar-refractivity contribution in [1.29, 1.82) is 0 Å². The fourth-order valence-electron chi connectivity index (χ4n) is 1.81. The molecule has 0 spiro atoms. The van der Waals surface area contributed by atoms with Gasteiger partial charge in [-0.3, -0.25) is 4.79 Å². The molecule has 1 rings (SSSR count). The molecule has 20 heavy (non-hydrogen) atoms. The zero-order valence-corrected chi connectivity index (χ0v) is 12.1. The first-order chi connectivity index (χ1) is 9.42. The van der Waals surface area contributed by atoms with Crippen LogP contribution in [0.2, 0.25) is 0 Å². The number of allylic oxidation sites excluding steroid dienone is 3. The monoisotopic (exact) mass is 274 g/mol. The number of hydrogen-bond donors (Lipinski definition) is 1. The van der Waals surface area contributed by atoms with E-state index in [1.165, 1.54) is 18.2 Å². The molecule has 106 valence electrons. The summed E-state index contributed by atoms with van der Waals surface area (Å²) < 4.78 is 5.18. The van der Waals surface area contributed by atoms with Gasteiger partial charge in [-0.05, 0) is 45.4 Å². The molecule has 0 amide bonds. The molecule has 0 radical (unpaired) electrons. The number of aryl methyl sites for hydroxylation is 1. The molecule has 1 aromatic carbocycles. The molecule has 0 unspecified atom stereocenters. The summed E-state index contributed by atoms with van der Waals surface area (Å²) in [6.45, 7) is 6.75. The van der Waals surface area contributed by atoms with E-state index in [1.54, 1.807) is 39.8 Å². The minimum atomic E-state index is -0.523. The minimum Gasteiger partial charge on any atom is -0.507 e. The van der Waals surface area contributed by atoms with E-state index in [9.17, 15) is 14.7 Å². The van der Waals surface area contributed by atoms with Gasteiger partial charge in [0.2, 0.25) is 0 Å². The molecule has 0 aliphatic rings. The summed E-state index contributed by atoms with van der Waals surface area (Å²) in [6, 6.07) is 1.52. The fourth-order valence-corrected chi connectivity index (χ4v) is 1.81. The fraction of sp³-hybridized carbons (Fsp3) is 0.250. The van der Waals surface area contributed by atoms with E-state index in [1.807, 2.05) is 0 Å². The third-order valence-electron chi connectivity index (χ3n) is 2.76. The van der Waals surface area contributed by atoms with Crippen LogP contribution in [0.25, 0.3) is 0 Å². The van der Waals surface area contributed by atoms with Gasteiger partial charge < -0.3 is 9.84 Å². The van der Waals surface area contributed by atoms with Crippen molar-refractivity contribution in [2.24, 2.45) is 0 Å². The van der Waals surface area contributed by atoms with Gasteiger partial charge in [0.25, 0.3) is 0 Å². The molecule has 0 atom stereocenters. The summed E-state index contributed by atoms with van der Waals surface area (Å²) in [4.78, 5) is 23.3. The van der Waals surface area contributed by atoms with Gasteiger partial charge in [0.05, 0.1) is 5.56 Å². The van der Waals surface area contributed by atoms with Crippen LogP contribution in [0, 0.1) is 13.8 Å². The van der Waals surface area contributed by atoms with E-state index in [0.29, 0.717) is 11.1 Å². The Kier molecular flexibility index (Phi) is 5.26. The minimum absolute atomic E-state index is 0.165. The quantitative estimate of drug-likeness (QED) is 0.396. The Morgan fingerprint density at radius 2 is 1.75 bits per heavy atom. The Labute approximate surface area is 118 Å². The van der Waals surface area contributed by atoms with Crippen LogP contribution in [-0.4, -0.2) is 16.9 Å². The second-order valence-electron chi connectivity index (χ2n) is 4.33. The molecule has 0 aromatic heterocycles. The molecule has 4 nitrogen and oxygen atoms in total. The van der Waals surface area contributed by atoms with E-state index in [4.69, 9.17) is 4.74 Å². The molecule has 1 aromatic rings. The summed E-state index contributed by atoms with van der Waals surface area (Å²) in [5.74, 6) is -0.697. The van der Waals surface area contributed by atoms with Gasteiger partial charge >= 0.3 is 5.97 Å². The summed E-state index contributed by atoms with van der Waals surface area (Å²) in [6.07, 6.45) is 5.83. The van der Waals surface area contributed by atoms with E-state index >= 15 is 0 Å². The topological polar surface area (TPSA) is 63.6 Å². The number of carbonyl (C=O) groups is 2. The van der Waals surface area contributed by atoms with Crippen LogP contribution in [0.15, 0.2) is 30.4 Å². The lowest BCUT2D eigenvalue weighted by atomic mass is 10.0. The normalized spacial score (nSPS) is 11.2. The highest BCUT2D eigenvalue weighted by Gasteiger charge is 2.18. The van der Waals surface area contributed by atoms with Gasteiger partial charge in [-0.2, -0.15) is 0 Å². The first-order valence-electron chi connectivity index (χ1n) is 6.27. The van der Waals surface area contributed by atoms with Gasteiger partial charge in [0.15, 0.2) is 5.78 Å². The molecule has 4 heteroatoms. The Bertz CT molecular complexity index is 595. The van der Waals surface area contributed by atoms with E-state index in [-0.39, 0.29) is 22.8 Å². The van der Waals surface area contributed by atoms with Crippen LogP contribution in [0.5, 0.6) is 11.5 Å². The number of ketones is 1. The Morgan fingerprint density at radius 1 is 1.15 bits per heavy atom. The zero-order chi connectivity index (χ0) is 15.3. The average molecular weight is 274 g/mol. The van der Waals surface area contributed by atoms with Crippen molar-refractivity contribution in [3.8, 4) is 11.5 Å². The molecule has 0 bridgehead atoms. The molecule has 0 aliphatic heterocycles. The Balaban J connectivity index is 3.28. The lowest BCUT2D eigenvalue weighted by Crippen LogP contribution is -2.08. The van der Waals surface area contributed by atoms with Gasteiger partial charge in [-0.25, -0.2) is 4.79 Å². The largest absolute Gasteiger partial charge is 0.507 e. The average Bonchev–Trinajstić information content (AvgIpc) is 2.39. The molecule has 0 saturated heterocycles. The smallest absolute Gasteiger partial charge is 0.335 e. The van der Waals surface area contributed by atoms with Crippen molar-refractivity contribution in [3.63, 3.8) is 0 Å². The number of phenols is 1. The summed E-state index contributed by atoms with van der Waals surface area (Å²) >= 11 is 0. The van der Waals surface area contributed by atoms with Crippen LogP contribution < -0.4 is 4.74 Å². The van der Waals surface area contributed by atoms with Crippen LogP contribution in [0.4, 0.5) is 0 Å². The third-order valence-corrected chi connectivity index (χ3v) is 2.76. The lowest BCUT2D eigenvalue weighted by Gasteiger charge is -2.13. The van der Waals surface area contributed by atoms with Crippen molar-refractivity contribution in [2.45, 2.75) is 27.7 Å². The van der Waals surface area contributed by atoms with Crippen LogP contribution in [0.3, 0.4) is 0 Å². The number of esters is 1. The van der Waals surface area contributed by atoms with Gasteiger partial charge in [0.1, 0.15) is 11.5 Å². The highest BCUT2D eigenvalue weighted by Crippen LogP contribution is 2.34. The van der Waals surface area contributed by atoms with E-state index < -0.39 is 5.97 Å². The third kappa shape index (κ3) is 3.35. The van der Waals surface area contributed by atoms with Crippen molar-refractivity contribution in [3.05, 3.63) is 47.1 Å². The highest BCUT2D eigenvalue weighted by molar-refractivity contribution is 6.07. The summed E-state index contributed by atoms with van der Waals surface area (Å²) in [5, 5.41) is 10.1. The number of carbonyl (C=O) groups excluding carboxylic acids is 2. The molecule has 0 heterocycles. The number of benzene rings is 1. The number of rotatable bonds is 4.